The zero-order valence-corrected chi connectivity index (χ0v) is 18.2. The highest BCUT2D eigenvalue weighted by atomic mass is 35.5. The molecule has 1 amide bonds. The highest BCUT2D eigenvalue weighted by Crippen LogP contribution is 2.21. The molecule has 6 nitrogen and oxygen atoms in total. The third kappa shape index (κ3) is 5.24. The summed E-state index contributed by atoms with van der Waals surface area (Å²) in [4.78, 5) is 16.7. The molecule has 30 heavy (non-hydrogen) atoms. The van der Waals surface area contributed by atoms with Gasteiger partial charge in [0.1, 0.15) is 4.90 Å². The van der Waals surface area contributed by atoms with Gasteiger partial charge >= 0.3 is 0 Å². The highest BCUT2D eigenvalue weighted by Gasteiger charge is 2.27. The van der Waals surface area contributed by atoms with E-state index >= 15 is 0 Å². The minimum atomic E-state index is -3.94. The Morgan fingerprint density at radius 3 is 2.30 bits per heavy atom. The number of halogens is 1. The molecule has 0 unspecified atom stereocenters. The van der Waals surface area contributed by atoms with Gasteiger partial charge in [0.25, 0.3) is 0 Å². The fraction of sp³-hybridized carbons (Fsp3) is 0.182. The van der Waals surface area contributed by atoms with E-state index in [1.54, 1.807) is 30.3 Å². The summed E-state index contributed by atoms with van der Waals surface area (Å²) in [6.07, 6.45) is 2.77. The second-order valence-corrected chi connectivity index (χ2v) is 9.28. The second kappa shape index (κ2) is 9.38. The van der Waals surface area contributed by atoms with Crippen molar-refractivity contribution in [3.63, 3.8) is 0 Å². The Bertz CT molecular complexity index is 1110. The number of nitrogens with one attached hydrogen (secondary N) is 1. The maximum absolute atomic E-state index is 13.2. The SMILES string of the molecule is Cc1cccc(C)c1NC(=O)CN(Cc1ccc(Cl)cc1)S(=O)(=O)c1cccnc1. The number of sulfonamides is 1. The van der Waals surface area contributed by atoms with Gasteiger partial charge in [-0.1, -0.05) is 41.9 Å². The minimum absolute atomic E-state index is 0.0224. The molecule has 0 fully saturated rings. The summed E-state index contributed by atoms with van der Waals surface area (Å²) in [6.45, 7) is 3.46. The lowest BCUT2D eigenvalue weighted by molar-refractivity contribution is -0.116. The maximum Gasteiger partial charge on any atom is 0.245 e. The van der Waals surface area contributed by atoms with Gasteiger partial charge in [0, 0.05) is 29.6 Å². The van der Waals surface area contributed by atoms with Crippen LogP contribution in [0.3, 0.4) is 0 Å². The van der Waals surface area contributed by atoms with Crippen LogP contribution in [0.25, 0.3) is 0 Å². The summed E-state index contributed by atoms with van der Waals surface area (Å²) >= 11 is 5.93. The smallest absolute Gasteiger partial charge is 0.245 e. The van der Waals surface area contributed by atoms with E-state index in [9.17, 15) is 13.2 Å². The van der Waals surface area contributed by atoms with Crippen molar-refractivity contribution in [2.45, 2.75) is 25.3 Å². The van der Waals surface area contributed by atoms with Crippen LogP contribution in [0.4, 0.5) is 5.69 Å². The molecular formula is C22H22ClN3O3S. The summed E-state index contributed by atoms with van der Waals surface area (Å²) in [5.41, 5.74) is 3.21. The lowest BCUT2D eigenvalue weighted by Crippen LogP contribution is -2.37. The third-order valence-electron chi connectivity index (χ3n) is 4.61. The lowest BCUT2D eigenvalue weighted by Gasteiger charge is -2.22. The Balaban J connectivity index is 1.89. The first-order valence-corrected chi connectivity index (χ1v) is 11.1. The summed E-state index contributed by atoms with van der Waals surface area (Å²) < 4.78 is 27.5. The van der Waals surface area contributed by atoms with Gasteiger partial charge in [-0.05, 0) is 54.8 Å². The summed E-state index contributed by atoms with van der Waals surface area (Å²) in [5, 5.41) is 3.39. The molecule has 0 spiro atoms. The molecule has 2 aromatic carbocycles. The van der Waals surface area contributed by atoms with E-state index in [0.29, 0.717) is 16.3 Å². The number of benzene rings is 2. The molecule has 1 heterocycles. The minimum Gasteiger partial charge on any atom is -0.324 e. The van der Waals surface area contributed by atoms with Crippen molar-refractivity contribution in [2.75, 3.05) is 11.9 Å². The molecular weight excluding hydrogens is 422 g/mol. The van der Waals surface area contributed by atoms with Crippen LogP contribution in [0.5, 0.6) is 0 Å². The fourth-order valence-electron chi connectivity index (χ4n) is 3.02. The number of aryl methyl sites for hydroxylation is 2. The number of carbonyl (C=O) groups excluding carboxylic acids is 1. The van der Waals surface area contributed by atoms with Crippen molar-refractivity contribution < 1.29 is 13.2 Å². The van der Waals surface area contributed by atoms with Gasteiger partial charge in [0.05, 0.1) is 6.54 Å². The number of carbonyl (C=O) groups is 1. The van der Waals surface area contributed by atoms with Crippen LogP contribution in [0, 0.1) is 13.8 Å². The Morgan fingerprint density at radius 2 is 1.70 bits per heavy atom. The van der Waals surface area contributed by atoms with Crippen LogP contribution in [-0.4, -0.2) is 30.2 Å². The topological polar surface area (TPSA) is 79.4 Å². The summed E-state index contributed by atoms with van der Waals surface area (Å²) in [7, 11) is -3.94. The van der Waals surface area contributed by atoms with Crippen molar-refractivity contribution in [2.24, 2.45) is 0 Å². The Labute approximate surface area is 181 Å². The molecule has 156 valence electrons. The fourth-order valence-corrected chi connectivity index (χ4v) is 4.49. The molecule has 0 aliphatic heterocycles. The number of nitrogens with zero attached hydrogens (tertiary/aromatic N) is 2. The van der Waals surface area contributed by atoms with Crippen LogP contribution < -0.4 is 5.32 Å². The summed E-state index contributed by atoms with van der Waals surface area (Å²) in [5.74, 6) is -0.422. The molecule has 0 aliphatic carbocycles. The molecule has 8 heteroatoms. The first-order valence-electron chi connectivity index (χ1n) is 9.28. The number of hydrogen-bond acceptors (Lipinski definition) is 4. The maximum atomic E-state index is 13.2. The van der Waals surface area contributed by atoms with Gasteiger partial charge in [-0.3, -0.25) is 9.78 Å². The molecule has 0 saturated heterocycles. The van der Waals surface area contributed by atoms with E-state index in [2.05, 4.69) is 10.3 Å². The molecule has 0 atom stereocenters. The monoisotopic (exact) mass is 443 g/mol. The molecule has 1 aromatic heterocycles. The predicted molar refractivity (Wildman–Crippen MR) is 118 cm³/mol. The largest absolute Gasteiger partial charge is 0.324 e. The molecule has 0 aliphatic rings. The third-order valence-corrected chi connectivity index (χ3v) is 6.64. The Morgan fingerprint density at radius 1 is 1.03 bits per heavy atom. The quantitative estimate of drug-likeness (QED) is 0.594. The molecule has 1 N–H and O–H groups in total. The van der Waals surface area contributed by atoms with Gasteiger partial charge in [-0.2, -0.15) is 4.31 Å². The summed E-state index contributed by atoms with van der Waals surface area (Å²) in [6, 6.07) is 15.5. The lowest BCUT2D eigenvalue weighted by atomic mass is 10.1. The van der Waals surface area contributed by atoms with Crippen LogP contribution in [-0.2, 0) is 21.4 Å². The van der Waals surface area contributed by atoms with Crippen molar-refractivity contribution in [1.29, 1.82) is 0 Å². The number of rotatable bonds is 7. The van der Waals surface area contributed by atoms with E-state index < -0.39 is 15.9 Å². The van der Waals surface area contributed by atoms with E-state index in [4.69, 9.17) is 11.6 Å². The first kappa shape index (κ1) is 22.0. The van der Waals surface area contributed by atoms with Gasteiger partial charge < -0.3 is 5.32 Å². The normalized spacial score (nSPS) is 11.5. The van der Waals surface area contributed by atoms with E-state index in [1.165, 1.54) is 18.5 Å². The molecule has 3 rings (SSSR count). The van der Waals surface area contributed by atoms with Crippen LogP contribution in [0.15, 0.2) is 71.9 Å². The number of anilines is 1. The molecule has 0 saturated carbocycles. The van der Waals surface area contributed by atoms with E-state index in [0.717, 1.165) is 15.4 Å². The van der Waals surface area contributed by atoms with Gasteiger partial charge in [0.2, 0.25) is 15.9 Å². The van der Waals surface area contributed by atoms with Crippen molar-refractivity contribution in [1.82, 2.24) is 9.29 Å². The van der Waals surface area contributed by atoms with Gasteiger partial charge in [0.15, 0.2) is 0 Å². The number of hydrogen-bond donors (Lipinski definition) is 1. The van der Waals surface area contributed by atoms with Crippen molar-refractivity contribution in [3.8, 4) is 0 Å². The average molecular weight is 444 g/mol. The van der Waals surface area contributed by atoms with Crippen molar-refractivity contribution in [3.05, 3.63) is 88.7 Å². The number of pyridine rings is 1. The van der Waals surface area contributed by atoms with Crippen molar-refractivity contribution >= 4 is 33.2 Å². The predicted octanol–water partition coefficient (Wildman–Crippen LogP) is 4.18. The zero-order chi connectivity index (χ0) is 21.7. The molecule has 0 radical (unpaired) electrons. The van der Waals surface area contributed by atoms with Crippen LogP contribution >= 0.6 is 11.6 Å². The second-order valence-electron chi connectivity index (χ2n) is 6.90. The number of amides is 1. The van der Waals surface area contributed by atoms with Gasteiger partial charge in [-0.25, -0.2) is 8.42 Å². The molecule has 0 bridgehead atoms. The first-order chi connectivity index (χ1) is 14.3. The van der Waals surface area contributed by atoms with Gasteiger partial charge in [-0.15, -0.1) is 0 Å². The Hall–Kier alpha value is -2.74. The highest BCUT2D eigenvalue weighted by molar-refractivity contribution is 7.89. The zero-order valence-electron chi connectivity index (χ0n) is 16.7. The standard InChI is InChI=1S/C22H22ClN3O3S/c1-16-5-3-6-17(2)22(16)25-21(27)15-26(14-18-8-10-19(23)11-9-18)30(28,29)20-7-4-12-24-13-20/h3-13H,14-15H2,1-2H3,(H,25,27). The number of para-hydroxylation sites is 1. The van der Waals surface area contributed by atoms with E-state index in [1.807, 2.05) is 32.0 Å². The van der Waals surface area contributed by atoms with E-state index in [-0.39, 0.29) is 18.0 Å². The van der Waals surface area contributed by atoms with Crippen LogP contribution in [0.1, 0.15) is 16.7 Å². The van der Waals surface area contributed by atoms with Crippen LogP contribution in [0.2, 0.25) is 5.02 Å². The molecule has 3 aromatic rings. The number of aromatic nitrogens is 1. The average Bonchev–Trinajstić information content (AvgIpc) is 2.72. The Kier molecular flexibility index (Phi) is 6.87.